The third-order valence-corrected chi connectivity index (χ3v) is 28.8. The van der Waals surface area contributed by atoms with E-state index in [2.05, 4.69) is 344 Å². The highest BCUT2D eigenvalue weighted by Gasteiger charge is 2.50. The molecule has 0 spiro atoms. The van der Waals surface area contributed by atoms with Gasteiger partial charge in [0.2, 0.25) is 5.95 Å². The minimum atomic E-state index is -3.03. The summed E-state index contributed by atoms with van der Waals surface area (Å²) >= 11 is 0. The Balaban J connectivity index is 0.913. The maximum absolute atomic E-state index is 5.74. The summed E-state index contributed by atoms with van der Waals surface area (Å²) in [5, 5.41) is 12.9. The van der Waals surface area contributed by atoms with E-state index in [-0.39, 0.29) is 11.8 Å². The predicted octanol–water partition coefficient (Wildman–Crippen LogP) is 13.7. The molecule has 3 aliphatic rings. The maximum Gasteiger partial charge on any atom is 0.238 e. The molecule has 6 heteroatoms. The molecule has 3 aliphatic carbocycles. The summed E-state index contributed by atoms with van der Waals surface area (Å²) in [6, 6.07) is 126. The quantitative estimate of drug-likeness (QED) is 0.0904. The number of aromatic nitrogens is 4. The van der Waals surface area contributed by atoms with E-state index in [1.165, 1.54) is 80.4 Å². The van der Waals surface area contributed by atoms with Crippen LogP contribution in [0.3, 0.4) is 0 Å². The second-order valence-electron chi connectivity index (χ2n) is 23.6. The van der Waals surface area contributed by atoms with Crippen LogP contribution in [0.2, 0.25) is 0 Å². The standard InChI is InChI=1S/C83H58N4Si2/c1-7-31-58(32-8-1)88(59-33-9-2-10-34-59,60-35-11-3-12-36-60)64-43-27-30-57(56-64)81-84-82(86-83(85-81)87-74-53-25-23-45-66(74)67-46-24-26-54-75(67)87)71-49-22-19-44-65(71)68-50-28-51-72-77-69-47-20-21-48-70(69)80(78(68)72)79-73(77)52-29-55-76(79)89(61-37-13-4-14-38-61,62-39-15-5-16-40-62)63-41-17-6-18-42-63/h1-56,77,80H. The van der Waals surface area contributed by atoms with E-state index in [9.17, 15) is 0 Å². The maximum atomic E-state index is 5.74. The first-order valence-corrected chi connectivity index (χ1v) is 34.8. The van der Waals surface area contributed by atoms with Gasteiger partial charge in [0.1, 0.15) is 0 Å². The van der Waals surface area contributed by atoms with Crippen molar-refractivity contribution < 1.29 is 0 Å². The third kappa shape index (κ3) is 8.14. The summed E-state index contributed by atoms with van der Waals surface area (Å²) in [5.41, 5.74) is 14.4. The molecular weight excluding hydrogens is 1110 g/mol. The van der Waals surface area contributed by atoms with Gasteiger partial charge in [0.15, 0.2) is 27.8 Å². The van der Waals surface area contributed by atoms with Crippen LogP contribution < -0.4 is 41.5 Å². The molecule has 418 valence electrons. The highest BCUT2D eigenvalue weighted by Crippen LogP contribution is 2.58. The SMILES string of the molecule is c1ccc([Si](c2ccccc2)(c2ccccc2)c2cccc(-c3nc(-c4ccccc4-c4cccc5c4C4c6ccccc6C5c5cccc([Si](c6ccccc6)(c6ccccc6)c6ccccc6)c54)nc(-n4c5ccccc5c5ccccc54)n3)c2)cc1. The van der Waals surface area contributed by atoms with Gasteiger partial charge in [0.25, 0.3) is 0 Å². The lowest BCUT2D eigenvalue weighted by Crippen LogP contribution is -2.75. The van der Waals surface area contributed by atoms with Crippen molar-refractivity contribution in [2.24, 2.45) is 0 Å². The van der Waals surface area contributed by atoms with Crippen LogP contribution in [0.4, 0.5) is 0 Å². The van der Waals surface area contributed by atoms with Crippen molar-refractivity contribution >= 4 is 79.4 Å². The summed E-state index contributed by atoms with van der Waals surface area (Å²) in [5.74, 6) is 1.70. The van der Waals surface area contributed by atoms with Gasteiger partial charge >= 0.3 is 0 Å². The van der Waals surface area contributed by atoms with Gasteiger partial charge in [-0.15, -0.1) is 0 Å². The second-order valence-corrected chi connectivity index (χ2v) is 31.2. The van der Waals surface area contributed by atoms with Crippen molar-refractivity contribution in [1.29, 1.82) is 0 Å². The number of hydrogen-bond donors (Lipinski definition) is 0. The van der Waals surface area contributed by atoms with Crippen molar-refractivity contribution in [3.8, 4) is 39.9 Å². The Morgan fingerprint density at radius 3 is 1.18 bits per heavy atom. The molecule has 0 N–H and O–H groups in total. The van der Waals surface area contributed by atoms with E-state index in [0.717, 1.165) is 38.5 Å². The van der Waals surface area contributed by atoms with Crippen LogP contribution in [0, 0.1) is 0 Å². The monoisotopic (exact) mass is 1170 g/mol. The molecule has 2 unspecified atom stereocenters. The molecule has 4 nitrogen and oxygen atoms in total. The van der Waals surface area contributed by atoms with Gasteiger partial charge in [0.05, 0.1) is 11.0 Å². The molecule has 2 aromatic heterocycles. The first-order chi connectivity index (χ1) is 44.2. The molecular formula is C83H58N4Si2. The highest BCUT2D eigenvalue weighted by molar-refractivity contribution is 7.20. The zero-order valence-corrected chi connectivity index (χ0v) is 50.8. The van der Waals surface area contributed by atoms with Crippen molar-refractivity contribution in [1.82, 2.24) is 19.5 Å². The highest BCUT2D eigenvalue weighted by atomic mass is 28.3. The van der Waals surface area contributed by atoms with E-state index in [1.54, 1.807) is 0 Å². The summed E-state index contributed by atoms with van der Waals surface area (Å²) in [6.07, 6.45) is 0. The van der Waals surface area contributed by atoms with Gasteiger partial charge in [-0.05, 0) is 98.1 Å². The number of rotatable bonds is 12. The van der Waals surface area contributed by atoms with E-state index in [1.807, 2.05) is 0 Å². The van der Waals surface area contributed by atoms with Crippen LogP contribution in [0.25, 0.3) is 61.7 Å². The number of nitrogens with zero attached hydrogens (tertiary/aromatic N) is 4. The lowest BCUT2D eigenvalue weighted by atomic mass is 9.60. The first kappa shape index (κ1) is 52.4. The average Bonchev–Trinajstić information content (AvgIpc) is 1.24. The normalized spacial score (nSPS) is 14.1. The number of fused-ring (bicyclic) bond motifs is 3. The van der Waals surface area contributed by atoms with Gasteiger partial charge in [-0.2, -0.15) is 9.97 Å². The lowest BCUT2D eigenvalue weighted by molar-refractivity contribution is 0.760. The van der Waals surface area contributed by atoms with E-state index in [0.29, 0.717) is 17.6 Å². The smallest absolute Gasteiger partial charge is 0.238 e. The lowest BCUT2D eigenvalue weighted by Gasteiger charge is -2.47. The fraction of sp³-hybridized carbons (Fsp3) is 0.0241. The Morgan fingerprint density at radius 2 is 0.640 bits per heavy atom. The van der Waals surface area contributed by atoms with Crippen molar-refractivity contribution in [3.63, 3.8) is 0 Å². The minimum Gasteiger partial charge on any atom is -0.278 e. The van der Waals surface area contributed by atoms with E-state index >= 15 is 0 Å². The fourth-order valence-corrected chi connectivity index (χ4v) is 25.5. The van der Waals surface area contributed by atoms with Crippen molar-refractivity contribution in [3.05, 3.63) is 373 Å². The first-order valence-electron chi connectivity index (χ1n) is 30.8. The molecule has 2 heterocycles. The van der Waals surface area contributed by atoms with Crippen LogP contribution in [0.15, 0.2) is 340 Å². The van der Waals surface area contributed by atoms with Gasteiger partial charge < -0.3 is 0 Å². The Bertz CT molecular complexity index is 4900. The molecule has 89 heavy (non-hydrogen) atoms. The van der Waals surface area contributed by atoms with Crippen LogP contribution in [-0.2, 0) is 0 Å². The summed E-state index contributed by atoms with van der Waals surface area (Å²) < 4.78 is 2.24. The summed E-state index contributed by atoms with van der Waals surface area (Å²) in [6.45, 7) is 0. The van der Waals surface area contributed by atoms with Crippen LogP contribution >= 0.6 is 0 Å². The summed E-state index contributed by atoms with van der Waals surface area (Å²) in [4.78, 5) is 17.1. The number of hydrogen-bond acceptors (Lipinski definition) is 3. The molecule has 0 radical (unpaired) electrons. The molecule has 18 rings (SSSR count). The Kier molecular flexibility index (Phi) is 12.7. The average molecular weight is 1170 g/mol. The molecule has 0 aliphatic heterocycles. The predicted molar refractivity (Wildman–Crippen MR) is 372 cm³/mol. The van der Waals surface area contributed by atoms with E-state index in [4.69, 9.17) is 15.0 Å². The largest absolute Gasteiger partial charge is 0.278 e. The van der Waals surface area contributed by atoms with E-state index < -0.39 is 16.1 Å². The Labute approximate surface area is 520 Å². The molecule has 2 bridgehead atoms. The molecule has 13 aromatic carbocycles. The van der Waals surface area contributed by atoms with Crippen LogP contribution in [0.5, 0.6) is 0 Å². The number of benzene rings is 13. The van der Waals surface area contributed by atoms with Gasteiger partial charge in [-0.3, -0.25) is 4.57 Å². The van der Waals surface area contributed by atoms with Crippen LogP contribution in [0.1, 0.15) is 45.2 Å². The fourth-order valence-electron chi connectivity index (χ4n) is 15.6. The van der Waals surface area contributed by atoms with Crippen LogP contribution in [-0.4, -0.2) is 35.7 Å². The van der Waals surface area contributed by atoms with Gasteiger partial charge in [0, 0.05) is 33.7 Å². The molecule has 0 saturated carbocycles. The zero-order chi connectivity index (χ0) is 58.9. The molecule has 15 aromatic rings. The Morgan fingerprint density at radius 1 is 0.258 bits per heavy atom. The van der Waals surface area contributed by atoms with Crippen molar-refractivity contribution in [2.75, 3.05) is 0 Å². The third-order valence-electron chi connectivity index (χ3n) is 19.2. The molecule has 0 saturated heterocycles. The Hall–Kier alpha value is -10.9. The summed E-state index contributed by atoms with van der Waals surface area (Å²) in [7, 11) is -5.98. The molecule has 2 atom stereocenters. The van der Waals surface area contributed by atoms with Gasteiger partial charge in [-0.1, -0.05) is 328 Å². The second kappa shape index (κ2) is 21.5. The molecule has 0 fully saturated rings. The van der Waals surface area contributed by atoms with Crippen molar-refractivity contribution in [2.45, 2.75) is 11.8 Å². The zero-order valence-electron chi connectivity index (χ0n) is 48.8. The minimum absolute atomic E-state index is 0.0126. The van der Waals surface area contributed by atoms with Gasteiger partial charge in [-0.25, -0.2) is 4.98 Å². The topological polar surface area (TPSA) is 43.6 Å². The molecule has 0 amide bonds. The number of para-hydroxylation sites is 2.